The molecule has 3 nitrogen and oxygen atoms in total. The Morgan fingerprint density at radius 1 is 1.46 bits per heavy atom. The number of nitrogens with two attached hydrogens (primary N) is 1. The van der Waals surface area contributed by atoms with Crippen molar-refractivity contribution in [2.75, 3.05) is 26.2 Å². The summed E-state index contributed by atoms with van der Waals surface area (Å²) in [4.78, 5) is 2.31. The lowest BCUT2D eigenvalue weighted by Crippen LogP contribution is -2.45. The minimum Gasteiger partial charge on any atom is -0.390 e. The summed E-state index contributed by atoms with van der Waals surface area (Å²) in [6.45, 7) is 7.72. The molecule has 0 amide bonds. The van der Waals surface area contributed by atoms with Gasteiger partial charge in [-0.15, -0.1) is 0 Å². The third kappa shape index (κ3) is 3.85. The van der Waals surface area contributed by atoms with Crippen molar-refractivity contribution in [1.29, 1.82) is 0 Å². The lowest BCUT2D eigenvalue weighted by atomic mass is 10.2. The molecule has 1 aliphatic rings. The first-order valence-corrected chi connectivity index (χ1v) is 5.82. The molecule has 0 aromatic carbocycles. The van der Waals surface area contributed by atoms with E-state index in [9.17, 15) is 5.11 Å². The minimum absolute atomic E-state index is 0.359. The summed E-state index contributed by atoms with van der Waals surface area (Å²) in [7, 11) is 0. The number of aliphatic hydroxyl groups excluding tert-OH is 1. The number of rotatable bonds is 3. The summed E-state index contributed by atoms with van der Waals surface area (Å²) in [5, 5.41) is 10.8. The van der Waals surface area contributed by atoms with Crippen LogP contribution >= 0.6 is 11.8 Å². The first-order chi connectivity index (χ1) is 6.11. The number of β-amino-alcohol motifs (C(OH)–C–C–N with tert-alkyl or cyclic N) is 1. The summed E-state index contributed by atoms with van der Waals surface area (Å²) < 4.78 is 0. The number of hydrogen-bond donors (Lipinski definition) is 2. The van der Waals surface area contributed by atoms with Crippen LogP contribution in [0.2, 0.25) is 0 Å². The van der Waals surface area contributed by atoms with Crippen LogP contribution < -0.4 is 5.73 Å². The molecule has 0 bridgehead atoms. The maximum atomic E-state index is 9.41. The van der Waals surface area contributed by atoms with Crippen molar-refractivity contribution < 1.29 is 5.11 Å². The molecule has 1 saturated heterocycles. The molecule has 0 spiro atoms. The van der Waals surface area contributed by atoms with E-state index in [0.29, 0.717) is 17.0 Å². The monoisotopic (exact) mass is 204 g/mol. The first-order valence-electron chi connectivity index (χ1n) is 4.87. The topological polar surface area (TPSA) is 49.5 Å². The van der Waals surface area contributed by atoms with Gasteiger partial charge in [-0.2, -0.15) is 11.8 Å². The van der Waals surface area contributed by atoms with Crippen LogP contribution in [0.1, 0.15) is 13.8 Å². The van der Waals surface area contributed by atoms with Gasteiger partial charge in [0.2, 0.25) is 0 Å². The number of hydrogen-bond acceptors (Lipinski definition) is 4. The summed E-state index contributed by atoms with van der Waals surface area (Å²) in [5.41, 5.74) is 5.38. The highest BCUT2D eigenvalue weighted by Crippen LogP contribution is 2.24. The number of thioether (sulfide) groups is 1. The van der Waals surface area contributed by atoms with E-state index in [1.807, 2.05) is 11.8 Å². The molecule has 1 fully saturated rings. The summed E-state index contributed by atoms with van der Waals surface area (Å²) in [6, 6.07) is 0. The molecule has 78 valence electrons. The van der Waals surface area contributed by atoms with Crippen molar-refractivity contribution in [3.63, 3.8) is 0 Å². The quantitative estimate of drug-likeness (QED) is 0.686. The molecule has 0 saturated carbocycles. The summed E-state index contributed by atoms with van der Waals surface area (Å²) in [6.07, 6.45) is -0.359. The molecule has 1 heterocycles. The lowest BCUT2D eigenvalue weighted by Gasteiger charge is -2.35. The van der Waals surface area contributed by atoms with Gasteiger partial charge in [0, 0.05) is 36.7 Å². The van der Waals surface area contributed by atoms with E-state index in [2.05, 4.69) is 18.7 Å². The van der Waals surface area contributed by atoms with Crippen LogP contribution in [0.15, 0.2) is 0 Å². The zero-order valence-corrected chi connectivity index (χ0v) is 9.26. The van der Waals surface area contributed by atoms with Crippen molar-refractivity contribution in [2.45, 2.75) is 30.5 Å². The van der Waals surface area contributed by atoms with Crippen molar-refractivity contribution in [1.82, 2.24) is 4.90 Å². The molecule has 3 N–H and O–H groups in total. The van der Waals surface area contributed by atoms with Crippen LogP contribution in [0, 0.1) is 0 Å². The van der Waals surface area contributed by atoms with Gasteiger partial charge in [0.15, 0.2) is 0 Å². The Balaban J connectivity index is 2.32. The van der Waals surface area contributed by atoms with E-state index in [-0.39, 0.29) is 6.10 Å². The van der Waals surface area contributed by atoms with E-state index in [4.69, 9.17) is 5.73 Å². The fourth-order valence-electron chi connectivity index (χ4n) is 1.81. The SMILES string of the molecule is CC1CN(CC(O)CN)CC(C)S1. The first kappa shape index (κ1) is 11.3. The van der Waals surface area contributed by atoms with E-state index in [1.165, 1.54) is 0 Å². The molecule has 0 radical (unpaired) electrons. The molecular formula is C9H20N2OS. The fraction of sp³-hybridized carbons (Fsp3) is 1.00. The predicted octanol–water partition coefficient (Wildman–Crippen LogP) is 0.132. The fourth-order valence-corrected chi connectivity index (χ4v) is 3.19. The molecule has 13 heavy (non-hydrogen) atoms. The Kier molecular flexibility index (Phi) is 4.52. The second-order valence-electron chi connectivity index (χ2n) is 3.87. The van der Waals surface area contributed by atoms with Crippen molar-refractivity contribution in [2.24, 2.45) is 5.73 Å². The average Bonchev–Trinajstić information content (AvgIpc) is 2.02. The van der Waals surface area contributed by atoms with Gasteiger partial charge >= 0.3 is 0 Å². The molecule has 0 aromatic heterocycles. The molecule has 3 unspecified atom stereocenters. The van der Waals surface area contributed by atoms with Gasteiger partial charge in [0.1, 0.15) is 0 Å². The van der Waals surface area contributed by atoms with Gasteiger partial charge < -0.3 is 10.8 Å². The summed E-state index contributed by atoms with van der Waals surface area (Å²) in [5.74, 6) is 0. The van der Waals surface area contributed by atoms with Gasteiger partial charge in [-0.25, -0.2) is 0 Å². The molecule has 0 aliphatic carbocycles. The Morgan fingerprint density at radius 2 is 2.00 bits per heavy atom. The number of nitrogens with zero attached hydrogens (tertiary/aromatic N) is 1. The highest BCUT2D eigenvalue weighted by atomic mass is 32.2. The molecule has 1 aliphatic heterocycles. The standard InChI is InChI=1S/C9H20N2OS/c1-7-4-11(5-8(2)13-7)6-9(12)3-10/h7-9,12H,3-6,10H2,1-2H3. The zero-order valence-electron chi connectivity index (χ0n) is 8.44. The van der Waals surface area contributed by atoms with E-state index in [1.54, 1.807) is 0 Å². The lowest BCUT2D eigenvalue weighted by molar-refractivity contribution is 0.117. The van der Waals surface area contributed by atoms with Crippen molar-refractivity contribution >= 4 is 11.8 Å². The predicted molar refractivity (Wildman–Crippen MR) is 58.0 cm³/mol. The Labute approximate surface area is 84.7 Å². The van der Waals surface area contributed by atoms with Gasteiger partial charge in [-0.3, -0.25) is 4.90 Å². The second kappa shape index (κ2) is 5.20. The van der Waals surface area contributed by atoms with Crippen LogP contribution in [0.25, 0.3) is 0 Å². The van der Waals surface area contributed by atoms with E-state index < -0.39 is 0 Å². The number of aliphatic hydroxyl groups is 1. The average molecular weight is 204 g/mol. The molecule has 3 atom stereocenters. The third-order valence-electron chi connectivity index (χ3n) is 2.24. The van der Waals surface area contributed by atoms with Gasteiger partial charge in [0.05, 0.1) is 6.10 Å². The van der Waals surface area contributed by atoms with Crippen molar-refractivity contribution in [3.8, 4) is 0 Å². The summed E-state index contributed by atoms with van der Waals surface area (Å²) >= 11 is 2.03. The highest BCUT2D eigenvalue weighted by molar-refractivity contribution is 8.00. The Bertz CT molecular complexity index is 147. The third-order valence-corrected chi connectivity index (χ3v) is 3.46. The zero-order chi connectivity index (χ0) is 9.84. The van der Waals surface area contributed by atoms with Crippen LogP contribution in [0.5, 0.6) is 0 Å². The molecule has 4 heteroatoms. The van der Waals surface area contributed by atoms with Crippen LogP contribution in [0.3, 0.4) is 0 Å². The molecule has 0 aromatic rings. The molecule has 1 rings (SSSR count). The minimum atomic E-state index is -0.359. The Hall–Kier alpha value is 0.230. The van der Waals surface area contributed by atoms with E-state index in [0.717, 1.165) is 19.6 Å². The second-order valence-corrected chi connectivity index (χ2v) is 5.75. The maximum Gasteiger partial charge on any atom is 0.0789 e. The van der Waals surface area contributed by atoms with E-state index >= 15 is 0 Å². The Morgan fingerprint density at radius 3 is 2.46 bits per heavy atom. The van der Waals surface area contributed by atoms with Crippen LogP contribution in [0.4, 0.5) is 0 Å². The van der Waals surface area contributed by atoms with Gasteiger partial charge in [-0.1, -0.05) is 13.8 Å². The molecular weight excluding hydrogens is 184 g/mol. The largest absolute Gasteiger partial charge is 0.390 e. The van der Waals surface area contributed by atoms with Crippen molar-refractivity contribution in [3.05, 3.63) is 0 Å². The highest BCUT2D eigenvalue weighted by Gasteiger charge is 2.23. The smallest absolute Gasteiger partial charge is 0.0789 e. The van der Waals surface area contributed by atoms with Gasteiger partial charge in [0.25, 0.3) is 0 Å². The normalized spacial score (nSPS) is 33.2. The van der Waals surface area contributed by atoms with Gasteiger partial charge in [-0.05, 0) is 0 Å². The van der Waals surface area contributed by atoms with Crippen LogP contribution in [-0.2, 0) is 0 Å². The van der Waals surface area contributed by atoms with Crippen LogP contribution in [-0.4, -0.2) is 52.8 Å². The maximum absolute atomic E-state index is 9.41.